The van der Waals surface area contributed by atoms with Crippen molar-refractivity contribution in [2.75, 3.05) is 31.0 Å². The number of rotatable bonds is 6. The molecule has 0 aromatic heterocycles. The van der Waals surface area contributed by atoms with E-state index in [4.69, 9.17) is 14.2 Å². The van der Waals surface area contributed by atoms with Gasteiger partial charge in [-0.05, 0) is 42.8 Å². The van der Waals surface area contributed by atoms with E-state index in [9.17, 15) is 14.4 Å². The van der Waals surface area contributed by atoms with E-state index in [0.717, 1.165) is 0 Å². The SMILES string of the molecule is COc1cc(/C=C/C(=O)O[C@H](C)C(=O)N2CC(=O)Nc3ccccc32)cc(OC)c1. The Labute approximate surface area is 174 Å². The van der Waals surface area contributed by atoms with Gasteiger partial charge in [-0.25, -0.2) is 4.79 Å². The van der Waals surface area contributed by atoms with Gasteiger partial charge in [-0.3, -0.25) is 14.5 Å². The first-order valence-corrected chi connectivity index (χ1v) is 9.23. The van der Waals surface area contributed by atoms with Gasteiger partial charge in [-0.15, -0.1) is 0 Å². The van der Waals surface area contributed by atoms with Crippen LogP contribution in [0, 0.1) is 0 Å². The van der Waals surface area contributed by atoms with Crippen molar-refractivity contribution in [2.24, 2.45) is 0 Å². The number of nitrogens with one attached hydrogen (secondary N) is 1. The summed E-state index contributed by atoms with van der Waals surface area (Å²) < 4.78 is 15.6. The minimum Gasteiger partial charge on any atom is -0.497 e. The van der Waals surface area contributed by atoms with E-state index in [0.29, 0.717) is 28.4 Å². The van der Waals surface area contributed by atoms with Crippen molar-refractivity contribution < 1.29 is 28.6 Å². The summed E-state index contributed by atoms with van der Waals surface area (Å²) in [6, 6.07) is 12.1. The van der Waals surface area contributed by atoms with Crippen LogP contribution in [0.3, 0.4) is 0 Å². The quantitative estimate of drug-likeness (QED) is 0.581. The van der Waals surface area contributed by atoms with Gasteiger partial charge >= 0.3 is 5.97 Å². The maximum Gasteiger partial charge on any atom is 0.331 e. The molecule has 3 rings (SSSR count). The number of hydrogen-bond donors (Lipinski definition) is 1. The van der Waals surface area contributed by atoms with Crippen LogP contribution in [0.5, 0.6) is 11.5 Å². The van der Waals surface area contributed by atoms with E-state index >= 15 is 0 Å². The summed E-state index contributed by atoms with van der Waals surface area (Å²) in [5, 5.41) is 2.71. The summed E-state index contributed by atoms with van der Waals surface area (Å²) in [6.45, 7) is 1.33. The molecule has 30 heavy (non-hydrogen) atoms. The topological polar surface area (TPSA) is 94.2 Å². The number of anilines is 2. The normalized spacial score (nSPS) is 14.0. The Morgan fingerprint density at radius 2 is 1.77 bits per heavy atom. The fraction of sp³-hybridized carbons (Fsp3) is 0.227. The average Bonchev–Trinajstić information content (AvgIpc) is 2.76. The molecule has 2 amide bonds. The maximum absolute atomic E-state index is 12.8. The van der Waals surface area contributed by atoms with Gasteiger partial charge in [0.2, 0.25) is 5.91 Å². The van der Waals surface area contributed by atoms with Gasteiger partial charge < -0.3 is 19.5 Å². The molecule has 1 aliphatic rings. The number of nitrogens with zero attached hydrogens (tertiary/aromatic N) is 1. The first-order valence-electron chi connectivity index (χ1n) is 9.23. The molecular formula is C22H22N2O6. The van der Waals surface area contributed by atoms with Gasteiger partial charge in [0.05, 0.1) is 25.6 Å². The van der Waals surface area contributed by atoms with Crippen molar-refractivity contribution in [1.29, 1.82) is 0 Å². The van der Waals surface area contributed by atoms with E-state index in [-0.39, 0.29) is 12.5 Å². The lowest BCUT2D eigenvalue weighted by molar-refractivity contribution is -0.149. The largest absolute Gasteiger partial charge is 0.497 e. The second-order valence-corrected chi connectivity index (χ2v) is 6.55. The number of carbonyl (C=O) groups is 3. The van der Waals surface area contributed by atoms with E-state index < -0.39 is 18.0 Å². The van der Waals surface area contributed by atoms with Crippen molar-refractivity contribution in [3.63, 3.8) is 0 Å². The molecule has 1 atom stereocenters. The molecule has 2 aromatic carbocycles. The molecule has 8 heteroatoms. The lowest BCUT2D eigenvalue weighted by Gasteiger charge is -2.30. The summed E-state index contributed by atoms with van der Waals surface area (Å²) in [7, 11) is 3.06. The van der Waals surface area contributed by atoms with E-state index in [1.807, 2.05) is 0 Å². The number of para-hydroxylation sites is 2. The molecule has 0 spiro atoms. The predicted molar refractivity (Wildman–Crippen MR) is 112 cm³/mol. The summed E-state index contributed by atoms with van der Waals surface area (Å²) in [5.41, 5.74) is 1.76. The second kappa shape index (κ2) is 9.13. The molecule has 1 heterocycles. The lowest BCUT2D eigenvalue weighted by Crippen LogP contribution is -2.46. The third-order valence-electron chi connectivity index (χ3n) is 4.46. The van der Waals surface area contributed by atoms with Crippen LogP contribution in [-0.4, -0.2) is 44.7 Å². The van der Waals surface area contributed by atoms with Gasteiger partial charge in [0.15, 0.2) is 6.10 Å². The highest BCUT2D eigenvalue weighted by molar-refractivity contribution is 6.11. The predicted octanol–water partition coefficient (Wildman–Crippen LogP) is 2.63. The van der Waals surface area contributed by atoms with Crippen LogP contribution < -0.4 is 19.7 Å². The fourth-order valence-electron chi connectivity index (χ4n) is 3.00. The first-order chi connectivity index (χ1) is 14.4. The number of esters is 1. The van der Waals surface area contributed by atoms with Crippen molar-refractivity contribution >= 4 is 35.2 Å². The minimum absolute atomic E-state index is 0.142. The second-order valence-electron chi connectivity index (χ2n) is 6.55. The summed E-state index contributed by atoms with van der Waals surface area (Å²) in [4.78, 5) is 38.2. The number of fused-ring (bicyclic) bond motifs is 1. The van der Waals surface area contributed by atoms with Gasteiger partial charge in [0, 0.05) is 12.1 Å². The summed E-state index contributed by atoms with van der Waals surface area (Å²) in [6.07, 6.45) is 1.68. The number of hydrogen-bond acceptors (Lipinski definition) is 6. The average molecular weight is 410 g/mol. The van der Waals surface area contributed by atoms with Gasteiger partial charge in [0.1, 0.15) is 18.0 Å². The van der Waals surface area contributed by atoms with E-state index in [1.54, 1.807) is 42.5 Å². The van der Waals surface area contributed by atoms with Crippen LogP contribution in [0.1, 0.15) is 12.5 Å². The number of amides is 2. The molecule has 0 saturated heterocycles. The first kappa shape index (κ1) is 20.9. The Morgan fingerprint density at radius 3 is 2.43 bits per heavy atom. The van der Waals surface area contributed by atoms with Crippen LogP contribution in [0.2, 0.25) is 0 Å². The van der Waals surface area contributed by atoms with Gasteiger partial charge in [-0.2, -0.15) is 0 Å². The third kappa shape index (κ3) is 4.78. The van der Waals surface area contributed by atoms with Crippen LogP contribution >= 0.6 is 0 Å². The molecule has 8 nitrogen and oxygen atoms in total. The molecule has 0 radical (unpaired) electrons. The lowest BCUT2D eigenvalue weighted by atomic mass is 10.1. The summed E-state index contributed by atoms with van der Waals surface area (Å²) >= 11 is 0. The summed E-state index contributed by atoms with van der Waals surface area (Å²) in [5.74, 6) is -0.331. The Balaban J connectivity index is 1.68. The van der Waals surface area contributed by atoms with Crippen LogP contribution in [0.15, 0.2) is 48.5 Å². The molecule has 0 saturated carbocycles. The Morgan fingerprint density at radius 1 is 1.10 bits per heavy atom. The smallest absolute Gasteiger partial charge is 0.331 e. The molecule has 1 aliphatic heterocycles. The molecular weight excluding hydrogens is 388 g/mol. The number of ether oxygens (including phenoxy) is 3. The zero-order valence-corrected chi connectivity index (χ0v) is 16.9. The Kier molecular flexibility index (Phi) is 6.36. The highest BCUT2D eigenvalue weighted by Gasteiger charge is 2.31. The molecule has 0 unspecified atom stereocenters. The number of benzene rings is 2. The van der Waals surface area contributed by atoms with Crippen LogP contribution in [0.4, 0.5) is 11.4 Å². The molecule has 0 aliphatic carbocycles. The van der Waals surface area contributed by atoms with Crippen LogP contribution in [-0.2, 0) is 19.1 Å². The Hall–Kier alpha value is -3.81. The van der Waals surface area contributed by atoms with Crippen molar-refractivity contribution in [2.45, 2.75) is 13.0 Å². The zero-order chi connectivity index (χ0) is 21.7. The fourth-order valence-corrected chi connectivity index (χ4v) is 3.00. The van der Waals surface area contributed by atoms with Crippen molar-refractivity contribution in [1.82, 2.24) is 0 Å². The molecule has 0 bridgehead atoms. The number of methoxy groups -OCH3 is 2. The number of carbonyl (C=O) groups excluding carboxylic acids is 3. The third-order valence-corrected chi connectivity index (χ3v) is 4.46. The maximum atomic E-state index is 12.8. The van der Waals surface area contributed by atoms with Crippen LogP contribution in [0.25, 0.3) is 6.08 Å². The van der Waals surface area contributed by atoms with E-state index in [2.05, 4.69) is 5.32 Å². The highest BCUT2D eigenvalue weighted by Crippen LogP contribution is 2.29. The highest BCUT2D eigenvalue weighted by atomic mass is 16.5. The molecule has 1 N–H and O–H groups in total. The minimum atomic E-state index is -1.07. The molecule has 0 fully saturated rings. The monoisotopic (exact) mass is 410 g/mol. The van der Waals surface area contributed by atoms with Crippen molar-refractivity contribution in [3.05, 3.63) is 54.1 Å². The van der Waals surface area contributed by atoms with Crippen molar-refractivity contribution in [3.8, 4) is 11.5 Å². The van der Waals surface area contributed by atoms with Gasteiger partial charge in [0.25, 0.3) is 5.91 Å². The van der Waals surface area contributed by atoms with E-state index in [1.165, 1.54) is 38.2 Å². The van der Waals surface area contributed by atoms with Gasteiger partial charge in [-0.1, -0.05) is 12.1 Å². The molecule has 2 aromatic rings. The Bertz CT molecular complexity index is 979. The zero-order valence-electron chi connectivity index (χ0n) is 16.9. The molecule has 156 valence electrons. The standard InChI is InChI=1S/C22H22N2O6/c1-14(22(27)24-13-20(25)23-18-6-4-5-7-19(18)24)30-21(26)9-8-15-10-16(28-2)12-17(11-15)29-3/h4-12,14H,13H2,1-3H3,(H,23,25)/b9-8+/t14-/m1/s1.